The van der Waals surface area contributed by atoms with E-state index in [0.29, 0.717) is 0 Å². The molecule has 3 aromatic heterocycles. The number of ether oxygens (including phenoxy) is 1. The van der Waals surface area contributed by atoms with Crippen LogP contribution in [0.2, 0.25) is 0 Å². The van der Waals surface area contributed by atoms with Crippen molar-refractivity contribution in [2.24, 2.45) is 12.9 Å². The number of nitrogens with one attached hydrogen (secondary N) is 1. The van der Waals surface area contributed by atoms with Crippen molar-refractivity contribution in [3.8, 4) is 18.0 Å². The quantitative estimate of drug-likeness (QED) is 0.432. The minimum absolute atomic E-state index is 0.0235. The summed E-state index contributed by atoms with van der Waals surface area (Å²) in [6, 6.07) is 0.0795. The molecule has 0 radical (unpaired) electrons. The first kappa shape index (κ1) is 11.9. The molecule has 0 amide bonds. The molecule has 0 saturated carbocycles. The third-order valence-electron chi connectivity index (χ3n) is 2.12. The predicted octanol–water partition coefficient (Wildman–Crippen LogP) is -1.34. The number of aromatic nitrogens is 9. The molecule has 0 bridgehead atoms. The van der Waals surface area contributed by atoms with E-state index >= 15 is 0 Å². The summed E-state index contributed by atoms with van der Waals surface area (Å²) in [6.07, 6.45) is 4.26. The largest absolute Gasteiger partial charge is 0.387 e. The average Bonchev–Trinajstić information content (AvgIpc) is 3.10. The minimum Gasteiger partial charge on any atom is -0.387 e. The Balaban J connectivity index is 1.96. The van der Waals surface area contributed by atoms with Crippen molar-refractivity contribution in [3.05, 3.63) is 19.0 Å². The first-order chi connectivity index (χ1) is 9.74. The molecule has 0 atom stereocenters. The van der Waals surface area contributed by atoms with Crippen LogP contribution in [0.25, 0.3) is 5.95 Å². The van der Waals surface area contributed by atoms with Gasteiger partial charge in [-0.15, -0.1) is 5.10 Å². The summed E-state index contributed by atoms with van der Waals surface area (Å²) < 4.78 is 8.14. The van der Waals surface area contributed by atoms with Crippen molar-refractivity contribution in [1.29, 1.82) is 0 Å². The molecule has 0 spiro atoms. The van der Waals surface area contributed by atoms with Gasteiger partial charge in [0.25, 0.3) is 5.95 Å². The number of hydrazine groups is 1. The molecule has 12 heteroatoms. The zero-order valence-corrected chi connectivity index (χ0v) is 10.2. The SMILES string of the molecule is Cn1cnc(Oc2nc(NN)nc(-n3cncn3)n2)n1. The summed E-state index contributed by atoms with van der Waals surface area (Å²) in [7, 11) is 1.71. The summed E-state index contributed by atoms with van der Waals surface area (Å²) in [4.78, 5) is 19.7. The molecule has 0 aliphatic rings. The predicted molar refractivity (Wildman–Crippen MR) is 63.6 cm³/mol. The van der Waals surface area contributed by atoms with E-state index < -0.39 is 0 Å². The Kier molecular flexibility index (Phi) is 2.89. The van der Waals surface area contributed by atoms with Crippen LogP contribution in [0.15, 0.2) is 19.0 Å². The van der Waals surface area contributed by atoms with Gasteiger partial charge < -0.3 is 4.74 Å². The fourth-order valence-electron chi connectivity index (χ4n) is 1.32. The number of nitrogens with zero attached hydrogens (tertiary/aromatic N) is 9. The fourth-order valence-corrected chi connectivity index (χ4v) is 1.32. The summed E-state index contributed by atoms with van der Waals surface area (Å²) in [5.74, 6) is 5.60. The first-order valence-corrected chi connectivity index (χ1v) is 5.36. The molecular weight excluding hydrogens is 266 g/mol. The maximum Gasteiger partial charge on any atom is 0.343 e. The van der Waals surface area contributed by atoms with Gasteiger partial charge in [-0.2, -0.15) is 29.7 Å². The van der Waals surface area contributed by atoms with Crippen molar-refractivity contribution in [2.45, 2.75) is 0 Å². The maximum absolute atomic E-state index is 5.32. The Morgan fingerprint density at radius 2 is 2.10 bits per heavy atom. The third kappa shape index (κ3) is 2.35. The van der Waals surface area contributed by atoms with E-state index in [9.17, 15) is 0 Å². The second-order valence-corrected chi connectivity index (χ2v) is 3.53. The lowest BCUT2D eigenvalue weighted by Crippen LogP contribution is -2.14. The van der Waals surface area contributed by atoms with Gasteiger partial charge in [0, 0.05) is 7.05 Å². The topological polar surface area (TPSA) is 147 Å². The van der Waals surface area contributed by atoms with Crippen LogP contribution < -0.4 is 16.0 Å². The molecule has 102 valence electrons. The highest BCUT2D eigenvalue weighted by molar-refractivity contribution is 5.28. The molecule has 3 rings (SSSR count). The molecule has 0 aliphatic carbocycles. The Hall–Kier alpha value is -3.15. The van der Waals surface area contributed by atoms with Gasteiger partial charge in [-0.3, -0.25) is 10.1 Å². The number of aryl methyl sites for hydroxylation is 1. The Morgan fingerprint density at radius 1 is 1.20 bits per heavy atom. The van der Waals surface area contributed by atoms with Gasteiger partial charge in [-0.25, -0.2) is 10.8 Å². The highest BCUT2D eigenvalue weighted by Crippen LogP contribution is 2.14. The molecule has 0 aliphatic heterocycles. The van der Waals surface area contributed by atoms with Gasteiger partial charge in [0.2, 0.25) is 5.95 Å². The van der Waals surface area contributed by atoms with E-state index in [1.807, 2.05) is 0 Å². The van der Waals surface area contributed by atoms with Crippen molar-refractivity contribution in [1.82, 2.24) is 44.5 Å². The smallest absolute Gasteiger partial charge is 0.343 e. The standard InChI is InChI=1S/C8H9N11O/c1-18-4-11-7(17-18)20-8-14-5(16-9)13-6(15-8)19-3-10-2-12-19/h2-4H,9H2,1H3,(H,13,14,15,16). The van der Waals surface area contributed by atoms with Crippen molar-refractivity contribution < 1.29 is 4.74 Å². The number of nitrogens with two attached hydrogens (primary N) is 1. The minimum atomic E-state index is -0.0235. The molecule has 3 N–H and O–H groups in total. The maximum atomic E-state index is 5.32. The highest BCUT2D eigenvalue weighted by atomic mass is 16.5. The zero-order chi connectivity index (χ0) is 13.9. The fraction of sp³-hybridized carbons (Fsp3) is 0.125. The summed E-state index contributed by atoms with van der Waals surface area (Å²) in [5, 5.41) is 7.86. The van der Waals surface area contributed by atoms with Crippen LogP contribution in [0, 0.1) is 0 Å². The molecule has 0 saturated heterocycles. The highest BCUT2D eigenvalue weighted by Gasteiger charge is 2.11. The molecule has 20 heavy (non-hydrogen) atoms. The van der Waals surface area contributed by atoms with E-state index in [2.05, 4.69) is 40.5 Å². The normalized spacial score (nSPS) is 10.5. The van der Waals surface area contributed by atoms with Gasteiger partial charge in [-0.1, -0.05) is 0 Å². The molecule has 12 nitrogen and oxygen atoms in total. The van der Waals surface area contributed by atoms with E-state index in [-0.39, 0.29) is 23.9 Å². The van der Waals surface area contributed by atoms with E-state index in [4.69, 9.17) is 10.6 Å². The number of anilines is 1. The Labute approximate surface area is 111 Å². The summed E-state index contributed by atoms with van der Waals surface area (Å²) in [6.45, 7) is 0. The number of nitrogen functional groups attached to an aromatic ring is 1. The average molecular weight is 275 g/mol. The van der Waals surface area contributed by atoms with Crippen LogP contribution >= 0.6 is 0 Å². The lowest BCUT2D eigenvalue weighted by molar-refractivity contribution is 0.402. The van der Waals surface area contributed by atoms with E-state index in [1.54, 1.807) is 7.05 Å². The van der Waals surface area contributed by atoms with Gasteiger partial charge >= 0.3 is 12.0 Å². The lowest BCUT2D eigenvalue weighted by Gasteiger charge is -2.04. The van der Waals surface area contributed by atoms with Gasteiger partial charge in [-0.05, 0) is 0 Å². The molecule has 0 aromatic carbocycles. The van der Waals surface area contributed by atoms with E-state index in [0.717, 1.165) is 0 Å². The lowest BCUT2D eigenvalue weighted by atomic mass is 10.8. The van der Waals surface area contributed by atoms with Crippen LogP contribution in [0.5, 0.6) is 12.0 Å². The second-order valence-electron chi connectivity index (χ2n) is 3.53. The molecule has 3 heterocycles. The Morgan fingerprint density at radius 3 is 2.75 bits per heavy atom. The first-order valence-electron chi connectivity index (χ1n) is 5.36. The van der Waals surface area contributed by atoms with Crippen LogP contribution in [-0.4, -0.2) is 44.5 Å². The zero-order valence-electron chi connectivity index (χ0n) is 10.2. The Bertz CT molecular complexity index is 705. The van der Waals surface area contributed by atoms with Crippen LogP contribution in [0.3, 0.4) is 0 Å². The van der Waals surface area contributed by atoms with Crippen molar-refractivity contribution in [2.75, 3.05) is 5.43 Å². The van der Waals surface area contributed by atoms with E-state index in [1.165, 1.54) is 28.3 Å². The monoisotopic (exact) mass is 275 g/mol. The van der Waals surface area contributed by atoms with Gasteiger partial charge in [0.05, 0.1) is 0 Å². The van der Waals surface area contributed by atoms with Gasteiger partial charge in [0.15, 0.2) is 0 Å². The molecule has 0 unspecified atom stereocenters. The second kappa shape index (κ2) is 4.85. The molecular formula is C8H9N11O. The number of rotatable bonds is 4. The number of hydrogen-bond acceptors (Lipinski definition) is 10. The van der Waals surface area contributed by atoms with Gasteiger partial charge in [0.1, 0.15) is 19.0 Å². The van der Waals surface area contributed by atoms with Crippen molar-refractivity contribution in [3.63, 3.8) is 0 Å². The number of hydrogen-bond donors (Lipinski definition) is 2. The molecule has 3 aromatic rings. The summed E-state index contributed by atoms with van der Waals surface area (Å²) in [5.41, 5.74) is 2.31. The summed E-state index contributed by atoms with van der Waals surface area (Å²) >= 11 is 0. The molecule has 0 fully saturated rings. The van der Waals surface area contributed by atoms with Crippen LogP contribution in [0.1, 0.15) is 0 Å². The van der Waals surface area contributed by atoms with Crippen LogP contribution in [-0.2, 0) is 7.05 Å². The van der Waals surface area contributed by atoms with Crippen molar-refractivity contribution >= 4 is 5.95 Å². The van der Waals surface area contributed by atoms with Crippen LogP contribution in [0.4, 0.5) is 5.95 Å². The third-order valence-corrected chi connectivity index (χ3v) is 2.12.